The van der Waals surface area contributed by atoms with Gasteiger partial charge in [0.25, 0.3) is 0 Å². The normalized spacial score (nSPS) is 28.8. The average molecular weight is 641 g/mol. The second-order valence-corrected chi connectivity index (χ2v) is 16.8. The Labute approximate surface area is 270 Å². The molecule has 0 unspecified atom stereocenters. The number of carbonyl (C=O) groups excluding carboxylic acids is 4. The molecule has 1 aliphatic heterocycles. The molecule has 10 heteroatoms. The van der Waals surface area contributed by atoms with Gasteiger partial charge in [0.15, 0.2) is 18.3 Å². The van der Waals surface area contributed by atoms with Crippen molar-refractivity contribution in [2.45, 2.75) is 158 Å². The molecule has 2 rings (SSSR count). The van der Waals surface area contributed by atoms with Crippen molar-refractivity contribution >= 4 is 23.9 Å². The van der Waals surface area contributed by atoms with Gasteiger partial charge in [0, 0.05) is 13.0 Å². The number of unbranched alkanes of at least 4 members (excludes halogenated alkanes) is 3. The lowest BCUT2D eigenvalue weighted by molar-refractivity contribution is -0.275. The van der Waals surface area contributed by atoms with E-state index in [9.17, 15) is 19.2 Å². The molecule has 1 spiro atoms. The van der Waals surface area contributed by atoms with Gasteiger partial charge in [-0.1, -0.05) is 32.6 Å². The molecule has 1 saturated carbocycles. The topological polar surface area (TPSA) is 124 Å². The molecule has 0 amide bonds. The molecule has 0 aromatic carbocycles. The Morgan fingerprint density at radius 1 is 0.622 bits per heavy atom. The molecule has 0 bridgehead atoms. The van der Waals surface area contributed by atoms with Gasteiger partial charge >= 0.3 is 23.9 Å². The number of esters is 4. The van der Waals surface area contributed by atoms with Crippen molar-refractivity contribution in [1.82, 2.24) is 0 Å². The maximum Gasteiger partial charge on any atom is 0.311 e. The van der Waals surface area contributed by atoms with E-state index in [0.29, 0.717) is 6.42 Å². The zero-order chi connectivity index (χ0) is 34.8. The van der Waals surface area contributed by atoms with Crippen LogP contribution in [0.3, 0.4) is 0 Å². The molecule has 0 radical (unpaired) electrons. The van der Waals surface area contributed by atoms with Gasteiger partial charge in [-0.2, -0.15) is 0 Å². The highest BCUT2D eigenvalue weighted by Gasteiger charge is 2.78. The molecule has 2 aliphatic rings. The van der Waals surface area contributed by atoms with Crippen LogP contribution in [0, 0.1) is 27.6 Å². The minimum absolute atomic E-state index is 0.215. The second-order valence-electron chi connectivity index (χ2n) is 16.8. The van der Waals surface area contributed by atoms with Crippen molar-refractivity contribution in [3.05, 3.63) is 0 Å². The summed E-state index contributed by atoms with van der Waals surface area (Å²) in [5.41, 5.74) is -4.78. The minimum Gasteiger partial charge on any atom is -0.462 e. The summed E-state index contributed by atoms with van der Waals surface area (Å²) in [4.78, 5) is 53.4. The Hall–Kier alpha value is -2.20. The molecule has 1 heterocycles. The Morgan fingerprint density at radius 2 is 1.09 bits per heavy atom. The van der Waals surface area contributed by atoms with Crippen LogP contribution >= 0.6 is 0 Å². The molecule has 45 heavy (non-hydrogen) atoms. The monoisotopic (exact) mass is 640 g/mol. The average Bonchev–Trinajstić information content (AvgIpc) is 3.51. The molecule has 0 N–H and O–H groups in total. The van der Waals surface area contributed by atoms with Gasteiger partial charge in [-0.05, 0) is 89.5 Å². The molecule has 2 fully saturated rings. The van der Waals surface area contributed by atoms with Crippen LogP contribution in [-0.2, 0) is 47.6 Å². The molecular formula is C35H60O10. The predicted octanol–water partition coefficient (Wildman–Crippen LogP) is 6.20. The van der Waals surface area contributed by atoms with E-state index in [1.807, 2.05) is 0 Å². The summed E-state index contributed by atoms with van der Waals surface area (Å²) in [5.74, 6) is -2.36. The molecule has 0 aromatic heterocycles. The van der Waals surface area contributed by atoms with Gasteiger partial charge in [-0.25, -0.2) is 0 Å². The summed E-state index contributed by atoms with van der Waals surface area (Å²) in [6.07, 6.45) is -0.475. The first kappa shape index (κ1) is 39.0. The van der Waals surface area contributed by atoms with Gasteiger partial charge in [0.05, 0.1) is 27.8 Å². The van der Waals surface area contributed by atoms with Crippen LogP contribution in [0.5, 0.6) is 0 Å². The van der Waals surface area contributed by atoms with E-state index in [-0.39, 0.29) is 12.5 Å². The minimum atomic E-state index is -1.26. The van der Waals surface area contributed by atoms with E-state index >= 15 is 0 Å². The molecule has 0 aromatic rings. The standard InChI is InChI=1S/C35H60O10/c1-15-16-17-18-19-21-25(40-14)35(21)26(44-30(39)34(11,12)13)24(43-29(38)33(8,9)10)23(42-28(37)32(5,6)7)22(45-35)20-41-27(36)31(2,3)4/h21-26H,15-20H2,1-14H3/t21-,22-,23-,24+,25+,26-,35+/m1/s1. The number of hydrogen-bond acceptors (Lipinski definition) is 10. The van der Waals surface area contributed by atoms with E-state index in [2.05, 4.69) is 6.92 Å². The zero-order valence-corrected chi connectivity index (χ0v) is 30.3. The fraction of sp³-hybridized carbons (Fsp3) is 0.886. The maximum atomic E-state index is 13.5. The highest BCUT2D eigenvalue weighted by molar-refractivity contribution is 5.78. The molecule has 10 nitrogen and oxygen atoms in total. The van der Waals surface area contributed by atoms with E-state index in [1.165, 1.54) is 0 Å². The lowest BCUT2D eigenvalue weighted by Crippen LogP contribution is -2.66. The van der Waals surface area contributed by atoms with Gasteiger partial charge in [-0.15, -0.1) is 0 Å². The van der Waals surface area contributed by atoms with Gasteiger partial charge < -0.3 is 28.4 Å². The predicted molar refractivity (Wildman–Crippen MR) is 169 cm³/mol. The number of rotatable bonds is 11. The van der Waals surface area contributed by atoms with Crippen molar-refractivity contribution in [2.24, 2.45) is 27.6 Å². The van der Waals surface area contributed by atoms with Crippen molar-refractivity contribution in [3.8, 4) is 0 Å². The van der Waals surface area contributed by atoms with Crippen LogP contribution in [0.15, 0.2) is 0 Å². The Morgan fingerprint density at radius 3 is 1.53 bits per heavy atom. The quantitative estimate of drug-likeness (QED) is 0.146. The third-order valence-corrected chi connectivity index (χ3v) is 8.24. The van der Waals surface area contributed by atoms with Crippen molar-refractivity contribution in [3.63, 3.8) is 0 Å². The van der Waals surface area contributed by atoms with Crippen LogP contribution in [0.25, 0.3) is 0 Å². The largest absolute Gasteiger partial charge is 0.462 e. The molecule has 7 atom stereocenters. The maximum absolute atomic E-state index is 13.5. The summed E-state index contributed by atoms with van der Waals surface area (Å²) in [6.45, 7) is 22.5. The second kappa shape index (κ2) is 14.3. The van der Waals surface area contributed by atoms with Crippen molar-refractivity contribution < 1.29 is 47.6 Å². The van der Waals surface area contributed by atoms with E-state index < -0.39 is 81.7 Å². The number of carbonyl (C=O) groups is 4. The highest BCUT2D eigenvalue weighted by Crippen LogP contribution is 2.59. The van der Waals surface area contributed by atoms with Crippen LogP contribution in [0.1, 0.15) is 122 Å². The van der Waals surface area contributed by atoms with Crippen LogP contribution < -0.4 is 0 Å². The fourth-order valence-corrected chi connectivity index (χ4v) is 5.33. The third-order valence-electron chi connectivity index (χ3n) is 8.24. The molecule has 1 saturated heterocycles. The first-order valence-electron chi connectivity index (χ1n) is 16.4. The zero-order valence-electron chi connectivity index (χ0n) is 30.3. The van der Waals surface area contributed by atoms with Gasteiger partial charge in [0.1, 0.15) is 18.3 Å². The van der Waals surface area contributed by atoms with Crippen LogP contribution in [-0.4, -0.2) is 73.7 Å². The summed E-state index contributed by atoms with van der Waals surface area (Å²) < 4.78 is 37.1. The third kappa shape index (κ3) is 9.43. The van der Waals surface area contributed by atoms with Crippen molar-refractivity contribution in [2.75, 3.05) is 13.7 Å². The van der Waals surface area contributed by atoms with Crippen LogP contribution in [0.4, 0.5) is 0 Å². The summed E-state index contributed by atoms with van der Waals surface area (Å²) in [6, 6.07) is 0. The van der Waals surface area contributed by atoms with E-state index in [4.69, 9.17) is 28.4 Å². The van der Waals surface area contributed by atoms with E-state index in [1.54, 1.807) is 90.2 Å². The lowest BCUT2D eigenvalue weighted by Gasteiger charge is -2.47. The van der Waals surface area contributed by atoms with Gasteiger partial charge in [-0.3, -0.25) is 19.2 Å². The number of ether oxygens (including phenoxy) is 6. The molecule has 1 aliphatic carbocycles. The first-order chi connectivity index (χ1) is 20.4. The highest BCUT2D eigenvalue weighted by atomic mass is 16.7. The molecule has 260 valence electrons. The first-order valence-corrected chi connectivity index (χ1v) is 16.4. The summed E-state index contributed by atoms with van der Waals surface area (Å²) in [5, 5.41) is 0. The Kier molecular flexibility index (Phi) is 12.4. The van der Waals surface area contributed by atoms with Crippen molar-refractivity contribution in [1.29, 1.82) is 0 Å². The van der Waals surface area contributed by atoms with E-state index in [0.717, 1.165) is 25.7 Å². The Balaban J connectivity index is 2.75. The fourth-order valence-electron chi connectivity index (χ4n) is 5.33. The smallest absolute Gasteiger partial charge is 0.311 e. The Bertz CT molecular complexity index is 1050. The molecular weight excluding hydrogens is 580 g/mol. The lowest BCUT2D eigenvalue weighted by atomic mass is 9.88. The SMILES string of the molecule is CCCCCC[C@@H]1[C@H](OC)[C@@]12O[C@H](COC(=O)C(C)(C)C)[C@@H](OC(=O)C(C)(C)C)[C@H](OC(=O)C(C)(C)C)[C@H]2OC(=O)C(C)(C)C. The van der Waals surface area contributed by atoms with Gasteiger partial charge in [0.2, 0.25) is 0 Å². The summed E-state index contributed by atoms with van der Waals surface area (Å²) >= 11 is 0. The summed E-state index contributed by atoms with van der Waals surface area (Å²) in [7, 11) is 1.57. The number of methoxy groups -OCH3 is 1. The van der Waals surface area contributed by atoms with Crippen LogP contribution in [0.2, 0.25) is 0 Å². The number of hydrogen-bond donors (Lipinski definition) is 0.